The standard InChI is InChI=1S/C16H18BrNOS/c1-2-18-14(10-16-13(17)6-8-20-16)11-3-4-15-12(9-11)5-7-19-15/h3-4,6,8-9,14,18H,2,5,7,10H2,1H3. The van der Waals surface area contributed by atoms with E-state index >= 15 is 0 Å². The average molecular weight is 352 g/mol. The molecule has 1 aliphatic rings. The highest BCUT2D eigenvalue weighted by Crippen LogP contribution is 2.32. The van der Waals surface area contributed by atoms with E-state index in [9.17, 15) is 0 Å². The molecule has 1 aliphatic heterocycles. The summed E-state index contributed by atoms with van der Waals surface area (Å²) in [5.74, 6) is 1.06. The molecular formula is C16H18BrNOS. The molecule has 0 radical (unpaired) electrons. The van der Waals surface area contributed by atoms with Gasteiger partial charge in [-0.05, 0) is 51.1 Å². The Labute approximate surface area is 132 Å². The zero-order valence-electron chi connectivity index (χ0n) is 11.5. The minimum atomic E-state index is 0.362. The van der Waals surface area contributed by atoms with Crippen molar-refractivity contribution in [3.05, 3.63) is 50.1 Å². The normalized spacial score (nSPS) is 14.9. The van der Waals surface area contributed by atoms with E-state index in [1.54, 1.807) is 0 Å². The Hall–Kier alpha value is -0.840. The largest absolute Gasteiger partial charge is 0.493 e. The minimum absolute atomic E-state index is 0.362. The summed E-state index contributed by atoms with van der Waals surface area (Å²) in [6.45, 7) is 3.95. The number of benzene rings is 1. The van der Waals surface area contributed by atoms with Crippen molar-refractivity contribution in [1.82, 2.24) is 5.32 Å². The van der Waals surface area contributed by atoms with E-state index in [1.807, 2.05) is 11.3 Å². The van der Waals surface area contributed by atoms with Gasteiger partial charge < -0.3 is 10.1 Å². The molecule has 1 unspecified atom stereocenters. The van der Waals surface area contributed by atoms with Crippen molar-refractivity contribution in [2.45, 2.75) is 25.8 Å². The topological polar surface area (TPSA) is 21.3 Å². The second-order valence-corrected chi connectivity index (χ2v) is 6.83. The maximum atomic E-state index is 5.59. The van der Waals surface area contributed by atoms with E-state index < -0.39 is 0 Å². The van der Waals surface area contributed by atoms with Gasteiger partial charge in [0.1, 0.15) is 5.75 Å². The zero-order valence-corrected chi connectivity index (χ0v) is 13.9. The molecule has 0 spiro atoms. The van der Waals surface area contributed by atoms with Gasteiger partial charge in [-0.25, -0.2) is 0 Å². The maximum Gasteiger partial charge on any atom is 0.122 e. The second kappa shape index (κ2) is 6.29. The molecule has 1 N–H and O–H groups in total. The number of ether oxygens (including phenoxy) is 1. The molecule has 2 nitrogen and oxygen atoms in total. The minimum Gasteiger partial charge on any atom is -0.493 e. The van der Waals surface area contributed by atoms with Crippen molar-refractivity contribution in [3.63, 3.8) is 0 Å². The van der Waals surface area contributed by atoms with Crippen molar-refractivity contribution in [2.75, 3.05) is 13.2 Å². The van der Waals surface area contributed by atoms with E-state index in [0.717, 1.165) is 31.7 Å². The summed E-state index contributed by atoms with van der Waals surface area (Å²) in [4.78, 5) is 1.40. The first-order valence-electron chi connectivity index (χ1n) is 6.99. The van der Waals surface area contributed by atoms with Crippen LogP contribution in [0.25, 0.3) is 0 Å². The monoisotopic (exact) mass is 351 g/mol. The van der Waals surface area contributed by atoms with Gasteiger partial charge in [0.2, 0.25) is 0 Å². The highest BCUT2D eigenvalue weighted by atomic mass is 79.9. The lowest BCUT2D eigenvalue weighted by molar-refractivity contribution is 0.356. The van der Waals surface area contributed by atoms with Gasteiger partial charge in [-0.15, -0.1) is 11.3 Å². The van der Waals surface area contributed by atoms with Gasteiger partial charge in [-0.3, -0.25) is 0 Å². The van der Waals surface area contributed by atoms with Crippen LogP contribution in [0.1, 0.15) is 29.0 Å². The lowest BCUT2D eigenvalue weighted by Crippen LogP contribution is -2.22. The smallest absolute Gasteiger partial charge is 0.122 e. The summed E-state index contributed by atoms with van der Waals surface area (Å²) < 4.78 is 6.81. The maximum absolute atomic E-state index is 5.59. The van der Waals surface area contributed by atoms with Crippen molar-refractivity contribution in [1.29, 1.82) is 0 Å². The van der Waals surface area contributed by atoms with Crippen LogP contribution in [-0.2, 0) is 12.8 Å². The molecule has 20 heavy (non-hydrogen) atoms. The molecule has 1 atom stereocenters. The fourth-order valence-corrected chi connectivity index (χ4v) is 4.19. The molecule has 0 saturated heterocycles. The first-order chi connectivity index (χ1) is 9.78. The Bertz CT molecular complexity index is 596. The van der Waals surface area contributed by atoms with Crippen molar-refractivity contribution in [2.24, 2.45) is 0 Å². The van der Waals surface area contributed by atoms with Crippen molar-refractivity contribution < 1.29 is 4.74 Å². The Kier molecular flexibility index (Phi) is 4.44. The van der Waals surface area contributed by atoms with Crippen molar-refractivity contribution in [3.8, 4) is 5.75 Å². The number of hydrogen-bond acceptors (Lipinski definition) is 3. The number of rotatable bonds is 5. The molecule has 1 aromatic heterocycles. The number of nitrogens with one attached hydrogen (secondary N) is 1. The van der Waals surface area contributed by atoms with Crippen LogP contribution in [0.3, 0.4) is 0 Å². The number of thiophene rings is 1. The summed E-state index contributed by atoms with van der Waals surface area (Å²) >= 11 is 5.44. The van der Waals surface area contributed by atoms with Crippen LogP contribution >= 0.6 is 27.3 Å². The molecule has 3 rings (SSSR count). The number of hydrogen-bond donors (Lipinski definition) is 1. The quantitative estimate of drug-likeness (QED) is 0.864. The highest BCUT2D eigenvalue weighted by Gasteiger charge is 2.18. The van der Waals surface area contributed by atoms with E-state index in [0.29, 0.717) is 6.04 Å². The van der Waals surface area contributed by atoms with E-state index in [1.165, 1.54) is 20.5 Å². The molecule has 0 saturated carbocycles. The molecule has 0 fully saturated rings. The van der Waals surface area contributed by atoms with Crippen molar-refractivity contribution >= 4 is 27.3 Å². The van der Waals surface area contributed by atoms with Gasteiger partial charge in [0.25, 0.3) is 0 Å². The summed E-state index contributed by atoms with van der Waals surface area (Å²) in [5.41, 5.74) is 2.70. The van der Waals surface area contributed by atoms with Crippen LogP contribution in [0.15, 0.2) is 34.1 Å². The van der Waals surface area contributed by atoms with E-state index in [2.05, 4.69) is 57.8 Å². The number of likely N-dealkylation sites (N-methyl/N-ethyl adjacent to an activating group) is 1. The number of halogens is 1. The third-order valence-electron chi connectivity index (χ3n) is 3.65. The van der Waals surface area contributed by atoms with Crippen LogP contribution in [0.4, 0.5) is 0 Å². The molecule has 0 amide bonds. The Morgan fingerprint density at radius 1 is 1.40 bits per heavy atom. The average Bonchev–Trinajstić information content (AvgIpc) is 3.06. The van der Waals surface area contributed by atoms with Crippen LogP contribution in [0.2, 0.25) is 0 Å². The molecule has 1 aromatic carbocycles. The fraction of sp³-hybridized carbons (Fsp3) is 0.375. The van der Waals surface area contributed by atoms with Crippen LogP contribution in [0, 0.1) is 0 Å². The van der Waals surface area contributed by atoms with E-state index in [-0.39, 0.29) is 0 Å². The molecule has 0 bridgehead atoms. The lowest BCUT2D eigenvalue weighted by Gasteiger charge is -2.19. The predicted octanol–water partition coefficient (Wildman–Crippen LogP) is 4.34. The Morgan fingerprint density at radius 2 is 2.30 bits per heavy atom. The van der Waals surface area contributed by atoms with Crippen LogP contribution < -0.4 is 10.1 Å². The van der Waals surface area contributed by atoms with Gasteiger partial charge in [-0.2, -0.15) is 0 Å². The number of fused-ring (bicyclic) bond motifs is 1. The lowest BCUT2D eigenvalue weighted by atomic mass is 9.99. The fourth-order valence-electron chi connectivity index (χ4n) is 2.63. The van der Waals surface area contributed by atoms with Gasteiger partial charge in [0, 0.05) is 28.2 Å². The molecule has 4 heteroatoms. The highest BCUT2D eigenvalue weighted by molar-refractivity contribution is 9.10. The summed E-state index contributed by atoms with van der Waals surface area (Å²) in [6.07, 6.45) is 2.05. The molecular weight excluding hydrogens is 334 g/mol. The van der Waals surface area contributed by atoms with Crippen LogP contribution in [-0.4, -0.2) is 13.2 Å². The van der Waals surface area contributed by atoms with Gasteiger partial charge >= 0.3 is 0 Å². The Morgan fingerprint density at radius 3 is 3.05 bits per heavy atom. The third-order valence-corrected chi connectivity index (χ3v) is 5.60. The molecule has 106 valence electrons. The van der Waals surface area contributed by atoms with E-state index in [4.69, 9.17) is 4.74 Å². The predicted molar refractivity (Wildman–Crippen MR) is 87.8 cm³/mol. The first-order valence-corrected chi connectivity index (χ1v) is 8.66. The zero-order chi connectivity index (χ0) is 13.9. The summed E-state index contributed by atoms with van der Waals surface area (Å²) in [5, 5.41) is 5.74. The van der Waals surface area contributed by atoms with Gasteiger partial charge in [0.15, 0.2) is 0 Å². The first kappa shape index (κ1) is 14.1. The van der Waals surface area contributed by atoms with Crippen LogP contribution in [0.5, 0.6) is 5.75 Å². The molecule has 0 aliphatic carbocycles. The Balaban J connectivity index is 1.84. The third kappa shape index (κ3) is 2.92. The summed E-state index contributed by atoms with van der Waals surface area (Å²) in [7, 11) is 0. The SMILES string of the molecule is CCNC(Cc1sccc1Br)c1ccc2c(c1)CCO2. The van der Waals surface area contributed by atoms with Gasteiger partial charge in [0.05, 0.1) is 6.61 Å². The molecule has 2 heterocycles. The summed E-state index contributed by atoms with van der Waals surface area (Å²) in [6, 6.07) is 9.10. The van der Waals surface area contributed by atoms with Gasteiger partial charge in [-0.1, -0.05) is 19.1 Å². The molecule has 2 aromatic rings. The second-order valence-electron chi connectivity index (χ2n) is 4.97.